The molecule has 2 fully saturated rings. The molecule has 84 valence electrons. The van der Waals surface area contributed by atoms with E-state index in [2.05, 4.69) is 6.92 Å². The van der Waals surface area contributed by atoms with Gasteiger partial charge in [-0.3, -0.25) is 4.79 Å². The van der Waals surface area contributed by atoms with Crippen molar-refractivity contribution < 1.29 is 4.79 Å². The average molecular weight is 226 g/mol. The zero-order valence-electron chi connectivity index (χ0n) is 9.32. The molecule has 3 nitrogen and oxygen atoms in total. The normalized spacial score (nSPS) is 34.4. The molecular weight excluding hydrogens is 208 g/mol. The summed E-state index contributed by atoms with van der Waals surface area (Å²) in [6.07, 6.45) is 3.92. The quantitative estimate of drug-likeness (QED) is 0.738. The fourth-order valence-corrected chi connectivity index (χ4v) is 2.83. The highest BCUT2D eigenvalue weighted by molar-refractivity contribution is 7.80. The average Bonchev–Trinajstić information content (AvgIpc) is 2.92. The van der Waals surface area contributed by atoms with E-state index in [9.17, 15) is 4.79 Å². The Labute approximate surface area is 96.0 Å². The van der Waals surface area contributed by atoms with Crippen molar-refractivity contribution in [1.82, 2.24) is 4.90 Å². The first-order chi connectivity index (χ1) is 6.97. The largest absolute Gasteiger partial charge is 0.392 e. The summed E-state index contributed by atoms with van der Waals surface area (Å²) in [5.74, 6) is 0.721. The number of nitrogens with two attached hydrogens (primary N) is 1. The van der Waals surface area contributed by atoms with Crippen LogP contribution in [0.3, 0.4) is 0 Å². The highest BCUT2D eigenvalue weighted by atomic mass is 32.1. The second kappa shape index (κ2) is 3.44. The number of hydrogen-bond donors (Lipinski definition) is 1. The van der Waals surface area contributed by atoms with Crippen LogP contribution in [0.5, 0.6) is 0 Å². The summed E-state index contributed by atoms with van der Waals surface area (Å²) in [6, 6.07) is 0.444. The Bertz CT molecular complexity index is 306. The SMILES string of the molecule is CC1CC(C(=O)N(C)C2CC2)(C(N)=S)C1. The van der Waals surface area contributed by atoms with Gasteiger partial charge in [-0.05, 0) is 31.6 Å². The fourth-order valence-electron chi connectivity index (χ4n) is 2.58. The van der Waals surface area contributed by atoms with Gasteiger partial charge >= 0.3 is 0 Å². The molecule has 0 aromatic carbocycles. The molecule has 0 saturated heterocycles. The topological polar surface area (TPSA) is 46.3 Å². The molecule has 0 radical (unpaired) electrons. The molecule has 0 aromatic heterocycles. The molecule has 0 unspecified atom stereocenters. The van der Waals surface area contributed by atoms with Gasteiger partial charge in [0.15, 0.2) is 0 Å². The van der Waals surface area contributed by atoms with E-state index in [4.69, 9.17) is 18.0 Å². The summed E-state index contributed by atoms with van der Waals surface area (Å²) >= 11 is 5.07. The van der Waals surface area contributed by atoms with Crippen molar-refractivity contribution in [2.75, 3.05) is 7.05 Å². The molecule has 0 atom stereocenters. The van der Waals surface area contributed by atoms with E-state index < -0.39 is 5.41 Å². The summed E-state index contributed by atoms with van der Waals surface area (Å²) in [5, 5.41) is 0. The van der Waals surface area contributed by atoms with Crippen molar-refractivity contribution in [3.05, 3.63) is 0 Å². The van der Waals surface area contributed by atoms with E-state index in [-0.39, 0.29) is 5.91 Å². The third-order valence-corrected chi connectivity index (χ3v) is 4.08. The van der Waals surface area contributed by atoms with Crippen molar-refractivity contribution in [1.29, 1.82) is 0 Å². The van der Waals surface area contributed by atoms with Crippen LogP contribution < -0.4 is 5.73 Å². The van der Waals surface area contributed by atoms with E-state index in [0.717, 1.165) is 25.7 Å². The van der Waals surface area contributed by atoms with Gasteiger partial charge in [0, 0.05) is 13.1 Å². The number of rotatable bonds is 3. The second-order valence-electron chi connectivity index (χ2n) is 5.11. The lowest BCUT2D eigenvalue weighted by atomic mass is 9.61. The van der Waals surface area contributed by atoms with Crippen LogP contribution in [0.2, 0.25) is 0 Å². The number of amides is 1. The van der Waals surface area contributed by atoms with Crippen molar-refractivity contribution in [2.45, 2.75) is 38.6 Å². The number of carbonyl (C=O) groups excluding carboxylic acids is 1. The van der Waals surface area contributed by atoms with Crippen LogP contribution in [0.15, 0.2) is 0 Å². The molecular formula is C11H18N2OS. The van der Waals surface area contributed by atoms with Gasteiger partial charge in [-0.2, -0.15) is 0 Å². The van der Waals surface area contributed by atoms with Crippen molar-refractivity contribution >= 4 is 23.1 Å². The lowest BCUT2D eigenvalue weighted by Crippen LogP contribution is -2.56. The monoisotopic (exact) mass is 226 g/mol. The second-order valence-corrected chi connectivity index (χ2v) is 5.55. The van der Waals surface area contributed by atoms with Crippen molar-refractivity contribution in [3.63, 3.8) is 0 Å². The molecule has 2 aliphatic carbocycles. The van der Waals surface area contributed by atoms with E-state index in [1.807, 2.05) is 11.9 Å². The third-order valence-electron chi connectivity index (χ3n) is 3.69. The van der Waals surface area contributed by atoms with Gasteiger partial charge in [0.2, 0.25) is 5.91 Å². The fraction of sp³-hybridized carbons (Fsp3) is 0.818. The van der Waals surface area contributed by atoms with E-state index in [1.54, 1.807) is 0 Å². The first kappa shape index (κ1) is 10.9. The standard InChI is InChI=1S/C11H18N2OS/c1-7-5-11(6-7,9(12)15)10(14)13(2)8-3-4-8/h7-8H,3-6H2,1-2H3,(H2,12,15). The van der Waals surface area contributed by atoms with E-state index in [1.165, 1.54) is 0 Å². The summed E-state index contributed by atoms with van der Waals surface area (Å²) < 4.78 is 0. The van der Waals surface area contributed by atoms with Crippen LogP contribution in [0.1, 0.15) is 32.6 Å². The van der Waals surface area contributed by atoms with E-state index in [0.29, 0.717) is 16.9 Å². The summed E-state index contributed by atoms with van der Waals surface area (Å²) in [5.41, 5.74) is 5.23. The summed E-state index contributed by atoms with van der Waals surface area (Å²) in [6.45, 7) is 2.14. The molecule has 0 aromatic rings. The minimum Gasteiger partial charge on any atom is -0.392 e. The molecule has 15 heavy (non-hydrogen) atoms. The molecule has 0 bridgehead atoms. The Balaban J connectivity index is 2.11. The van der Waals surface area contributed by atoms with Crippen molar-refractivity contribution in [2.24, 2.45) is 17.1 Å². The lowest BCUT2D eigenvalue weighted by Gasteiger charge is -2.46. The van der Waals surface area contributed by atoms with Crippen LogP contribution in [-0.2, 0) is 4.79 Å². The van der Waals surface area contributed by atoms with Crippen LogP contribution in [0.25, 0.3) is 0 Å². The Morgan fingerprint density at radius 1 is 1.47 bits per heavy atom. The third kappa shape index (κ3) is 1.65. The molecule has 1 amide bonds. The van der Waals surface area contributed by atoms with Gasteiger partial charge in [0.25, 0.3) is 0 Å². The van der Waals surface area contributed by atoms with Crippen molar-refractivity contribution in [3.8, 4) is 0 Å². The summed E-state index contributed by atoms with van der Waals surface area (Å²) in [4.78, 5) is 14.5. The molecule has 4 heteroatoms. The highest BCUT2D eigenvalue weighted by Gasteiger charge is 2.53. The van der Waals surface area contributed by atoms with Crippen LogP contribution in [0, 0.1) is 11.3 Å². The number of carbonyl (C=O) groups is 1. The molecule has 0 aliphatic heterocycles. The molecule has 2 rings (SSSR count). The maximum Gasteiger partial charge on any atom is 0.235 e. The molecule has 2 N–H and O–H groups in total. The highest BCUT2D eigenvalue weighted by Crippen LogP contribution is 2.48. The number of nitrogens with zero attached hydrogens (tertiary/aromatic N) is 1. The summed E-state index contributed by atoms with van der Waals surface area (Å²) in [7, 11) is 1.88. The van der Waals surface area contributed by atoms with Crippen LogP contribution >= 0.6 is 12.2 Å². The predicted octanol–water partition coefficient (Wildman–Crippen LogP) is 1.31. The van der Waals surface area contributed by atoms with Gasteiger partial charge in [-0.1, -0.05) is 19.1 Å². The van der Waals surface area contributed by atoms with Gasteiger partial charge in [-0.25, -0.2) is 0 Å². The Kier molecular flexibility index (Phi) is 2.49. The maximum absolute atomic E-state index is 12.3. The van der Waals surface area contributed by atoms with Crippen LogP contribution in [0.4, 0.5) is 0 Å². The number of hydrogen-bond acceptors (Lipinski definition) is 2. The van der Waals surface area contributed by atoms with Gasteiger partial charge in [-0.15, -0.1) is 0 Å². The zero-order chi connectivity index (χ0) is 11.2. The maximum atomic E-state index is 12.3. The Morgan fingerprint density at radius 2 is 2.00 bits per heavy atom. The Hall–Kier alpha value is -0.640. The molecule has 0 spiro atoms. The number of thiocarbonyl (C=S) groups is 1. The minimum atomic E-state index is -0.508. The van der Waals surface area contributed by atoms with Gasteiger partial charge in [0.1, 0.15) is 0 Å². The zero-order valence-corrected chi connectivity index (χ0v) is 10.1. The molecule has 2 saturated carbocycles. The Morgan fingerprint density at radius 3 is 2.33 bits per heavy atom. The lowest BCUT2D eigenvalue weighted by molar-refractivity contribution is -0.143. The smallest absolute Gasteiger partial charge is 0.235 e. The van der Waals surface area contributed by atoms with Crippen LogP contribution in [-0.4, -0.2) is 28.9 Å². The molecule has 2 aliphatic rings. The predicted molar refractivity (Wildman–Crippen MR) is 63.4 cm³/mol. The van der Waals surface area contributed by atoms with Gasteiger partial charge in [0.05, 0.1) is 10.4 Å². The minimum absolute atomic E-state index is 0.149. The van der Waals surface area contributed by atoms with E-state index >= 15 is 0 Å². The first-order valence-electron chi connectivity index (χ1n) is 5.54. The van der Waals surface area contributed by atoms with Gasteiger partial charge < -0.3 is 10.6 Å². The molecule has 0 heterocycles. The first-order valence-corrected chi connectivity index (χ1v) is 5.95.